The maximum atomic E-state index is 11.1. The van der Waals surface area contributed by atoms with Gasteiger partial charge < -0.3 is 14.8 Å². The third-order valence-corrected chi connectivity index (χ3v) is 2.51. The fourth-order valence-corrected chi connectivity index (χ4v) is 1.68. The van der Waals surface area contributed by atoms with Crippen molar-refractivity contribution < 1.29 is 19.8 Å². The van der Waals surface area contributed by atoms with E-state index in [0.29, 0.717) is 11.3 Å². The Bertz CT molecular complexity index is 641. The highest BCUT2D eigenvalue weighted by Crippen LogP contribution is 2.16. The third kappa shape index (κ3) is 3.10. The molecule has 2 aromatic rings. The first-order chi connectivity index (χ1) is 9.06. The summed E-state index contributed by atoms with van der Waals surface area (Å²) in [4.78, 5) is 21.6. The van der Waals surface area contributed by atoms with Crippen LogP contribution in [0, 0.1) is 0 Å². The Kier molecular flexibility index (Phi) is 3.47. The average molecular weight is 257 g/mol. The van der Waals surface area contributed by atoms with E-state index in [9.17, 15) is 9.59 Å². The second-order valence-electron chi connectivity index (χ2n) is 3.88. The van der Waals surface area contributed by atoms with E-state index in [1.54, 1.807) is 23.0 Å². The van der Waals surface area contributed by atoms with Crippen LogP contribution in [-0.2, 0) is 4.79 Å². The van der Waals surface area contributed by atoms with Gasteiger partial charge >= 0.3 is 11.9 Å². The van der Waals surface area contributed by atoms with Crippen LogP contribution in [0.2, 0.25) is 0 Å². The number of rotatable bonds is 4. The third-order valence-electron chi connectivity index (χ3n) is 2.51. The molecule has 2 rings (SSSR count). The summed E-state index contributed by atoms with van der Waals surface area (Å²) < 4.78 is 1.75. The predicted octanol–water partition coefficient (Wildman–Crippen LogP) is 2.27. The van der Waals surface area contributed by atoms with Gasteiger partial charge in [-0.05, 0) is 42.0 Å². The first-order valence-corrected chi connectivity index (χ1v) is 5.49. The monoisotopic (exact) mass is 257 g/mol. The summed E-state index contributed by atoms with van der Waals surface area (Å²) in [5, 5.41) is 17.7. The molecule has 5 heteroatoms. The predicted molar refractivity (Wildman–Crippen MR) is 69.4 cm³/mol. The first-order valence-electron chi connectivity index (χ1n) is 5.49. The molecule has 0 saturated carbocycles. The summed E-state index contributed by atoms with van der Waals surface area (Å²) >= 11 is 0. The van der Waals surface area contributed by atoms with Crippen molar-refractivity contribution in [3.8, 4) is 5.69 Å². The Morgan fingerprint density at radius 1 is 1.05 bits per heavy atom. The van der Waals surface area contributed by atoms with Crippen LogP contribution in [0.3, 0.4) is 0 Å². The zero-order valence-electron chi connectivity index (χ0n) is 9.85. The summed E-state index contributed by atoms with van der Waals surface area (Å²) in [5.41, 5.74) is 1.29. The van der Waals surface area contributed by atoms with Gasteiger partial charge in [0.2, 0.25) is 0 Å². The van der Waals surface area contributed by atoms with Gasteiger partial charge in [0.15, 0.2) is 0 Å². The van der Waals surface area contributed by atoms with Crippen LogP contribution >= 0.6 is 0 Å². The Hall–Kier alpha value is -2.82. The molecule has 0 spiro atoms. The van der Waals surface area contributed by atoms with E-state index in [4.69, 9.17) is 10.2 Å². The molecular formula is C14H11NO4. The van der Waals surface area contributed by atoms with Gasteiger partial charge in [-0.25, -0.2) is 9.59 Å². The second kappa shape index (κ2) is 5.22. The minimum absolute atomic E-state index is 0.108. The number of carboxylic acids is 2. The van der Waals surface area contributed by atoms with Gasteiger partial charge in [0, 0.05) is 24.2 Å². The number of aliphatic carboxylic acids is 1. The number of aromatic carboxylic acids is 1. The van der Waals surface area contributed by atoms with Gasteiger partial charge in [0.1, 0.15) is 0 Å². The van der Waals surface area contributed by atoms with Crippen molar-refractivity contribution in [2.75, 3.05) is 0 Å². The molecule has 1 aromatic heterocycles. The van der Waals surface area contributed by atoms with Crippen molar-refractivity contribution >= 4 is 18.0 Å². The molecular weight excluding hydrogens is 246 g/mol. The van der Waals surface area contributed by atoms with E-state index < -0.39 is 11.9 Å². The zero-order chi connectivity index (χ0) is 13.8. The number of carbonyl (C=O) groups is 2. The van der Waals surface area contributed by atoms with Crippen LogP contribution in [-0.4, -0.2) is 26.7 Å². The Balaban J connectivity index is 2.50. The van der Waals surface area contributed by atoms with Crippen LogP contribution in [0.4, 0.5) is 0 Å². The number of aromatic nitrogens is 1. The average Bonchev–Trinajstić information content (AvgIpc) is 2.89. The summed E-state index contributed by atoms with van der Waals surface area (Å²) in [7, 11) is 0. The van der Waals surface area contributed by atoms with Crippen molar-refractivity contribution in [3.63, 3.8) is 0 Å². The van der Waals surface area contributed by atoms with Crippen molar-refractivity contribution in [1.29, 1.82) is 0 Å². The summed E-state index contributed by atoms with van der Waals surface area (Å²) in [6.45, 7) is 0. The lowest BCUT2D eigenvalue weighted by molar-refractivity contribution is -0.131. The molecule has 5 nitrogen and oxygen atoms in total. The van der Waals surface area contributed by atoms with Gasteiger partial charge in [-0.3, -0.25) is 0 Å². The lowest BCUT2D eigenvalue weighted by atomic mass is 10.1. The molecule has 0 atom stereocenters. The second-order valence-corrected chi connectivity index (χ2v) is 3.88. The molecule has 2 N–H and O–H groups in total. The largest absolute Gasteiger partial charge is 0.478 e. The lowest BCUT2D eigenvalue weighted by Crippen LogP contribution is -2.00. The topological polar surface area (TPSA) is 79.5 Å². The summed E-state index contributed by atoms with van der Waals surface area (Å²) in [6, 6.07) is 8.31. The molecule has 0 aliphatic carbocycles. The molecule has 19 heavy (non-hydrogen) atoms. The van der Waals surface area contributed by atoms with E-state index in [0.717, 1.165) is 6.08 Å². The molecule has 0 bridgehead atoms. The maximum Gasteiger partial charge on any atom is 0.335 e. The standard InChI is InChI=1S/C14H11NO4/c16-13(17)4-3-10-7-11(14(18)19)9-12(8-10)15-5-1-2-6-15/h1-9H,(H,16,17)(H,18,19)/b4-3+. The highest BCUT2D eigenvalue weighted by Gasteiger charge is 2.07. The zero-order valence-corrected chi connectivity index (χ0v) is 9.85. The minimum Gasteiger partial charge on any atom is -0.478 e. The van der Waals surface area contributed by atoms with Gasteiger partial charge in [0.25, 0.3) is 0 Å². The summed E-state index contributed by atoms with van der Waals surface area (Å²) in [5.74, 6) is -2.14. The van der Waals surface area contributed by atoms with E-state index in [-0.39, 0.29) is 5.56 Å². The molecule has 0 aliphatic rings. The Morgan fingerprint density at radius 2 is 1.74 bits per heavy atom. The SMILES string of the molecule is O=C(O)/C=C/c1cc(C(=O)O)cc(-n2cccc2)c1. The van der Waals surface area contributed by atoms with Crippen molar-refractivity contribution in [2.45, 2.75) is 0 Å². The molecule has 0 radical (unpaired) electrons. The smallest absolute Gasteiger partial charge is 0.335 e. The fraction of sp³-hybridized carbons (Fsp3) is 0. The highest BCUT2D eigenvalue weighted by atomic mass is 16.4. The lowest BCUT2D eigenvalue weighted by Gasteiger charge is -2.06. The molecule has 1 aromatic carbocycles. The van der Waals surface area contributed by atoms with E-state index in [1.165, 1.54) is 18.2 Å². The number of carboxylic acid groups (broad SMARTS) is 2. The maximum absolute atomic E-state index is 11.1. The molecule has 0 saturated heterocycles. The van der Waals surface area contributed by atoms with Crippen molar-refractivity contribution in [2.24, 2.45) is 0 Å². The van der Waals surface area contributed by atoms with E-state index >= 15 is 0 Å². The number of hydrogen-bond acceptors (Lipinski definition) is 2. The normalized spacial score (nSPS) is 10.7. The van der Waals surface area contributed by atoms with E-state index in [2.05, 4.69) is 0 Å². The van der Waals surface area contributed by atoms with Crippen molar-refractivity contribution in [3.05, 3.63) is 59.9 Å². The fourth-order valence-electron chi connectivity index (χ4n) is 1.68. The van der Waals surface area contributed by atoms with Gasteiger partial charge in [-0.15, -0.1) is 0 Å². The highest BCUT2D eigenvalue weighted by molar-refractivity contribution is 5.90. The first kappa shape index (κ1) is 12.6. The van der Waals surface area contributed by atoms with E-state index in [1.807, 2.05) is 12.1 Å². The van der Waals surface area contributed by atoms with Crippen LogP contribution in [0.25, 0.3) is 11.8 Å². The molecule has 0 unspecified atom stereocenters. The quantitative estimate of drug-likeness (QED) is 0.823. The van der Waals surface area contributed by atoms with Gasteiger partial charge in [-0.2, -0.15) is 0 Å². The molecule has 0 fully saturated rings. The number of hydrogen-bond donors (Lipinski definition) is 2. The van der Waals surface area contributed by atoms with Crippen molar-refractivity contribution in [1.82, 2.24) is 4.57 Å². The van der Waals surface area contributed by atoms with Gasteiger partial charge in [0.05, 0.1) is 5.56 Å². The van der Waals surface area contributed by atoms with Crippen LogP contribution in [0.5, 0.6) is 0 Å². The molecule has 96 valence electrons. The van der Waals surface area contributed by atoms with Crippen LogP contribution in [0.15, 0.2) is 48.8 Å². The number of nitrogens with zero attached hydrogens (tertiary/aromatic N) is 1. The molecule has 0 amide bonds. The number of benzene rings is 1. The Morgan fingerprint density at radius 3 is 2.32 bits per heavy atom. The summed E-state index contributed by atoms with van der Waals surface area (Å²) in [6.07, 6.45) is 5.90. The molecule has 1 heterocycles. The van der Waals surface area contributed by atoms with Crippen LogP contribution < -0.4 is 0 Å². The van der Waals surface area contributed by atoms with Crippen LogP contribution in [0.1, 0.15) is 15.9 Å². The minimum atomic E-state index is -1.08. The van der Waals surface area contributed by atoms with Gasteiger partial charge in [-0.1, -0.05) is 0 Å². The molecule has 0 aliphatic heterocycles. The Labute approximate surface area is 109 Å².